The molecule has 1 aromatic carbocycles. The molecular weight excluding hydrogens is 393 g/mol. The molecular formula is C18H13ClFN3O3S. The average Bonchev–Trinajstić information content (AvgIpc) is 3.17. The molecule has 1 aliphatic heterocycles. The molecule has 0 fully saturated rings. The number of pyridine rings is 1. The maximum atomic E-state index is 13.6. The second kappa shape index (κ2) is 6.79. The molecule has 1 amide bonds. The van der Waals surface area contributed by atoms with Gasteiger partial charge in [0.15, 0.2) is 11.4 Å². The maximum Gasteiger partial charge on any atom is 0.274 e. The Hall–Kier alpha value is -2.71. The van der Waals surface area contributed by atoms with Crippen molar-refractivity contribution >= 4 is 28.8 Å². The van der Waals surface area contributed by atoms with Crippen LogP contribution in [-0.2, 0) is 13.1 Å². The highest BCUT2D eigenvalue weighted by molar-refractivity contribution is 7.13. The Morgan fingerprint density at radius 1 is 1.30 bits per heavy atom. The summed E-state index contributed by atoms with van der Waals surface area (Å²) in [6.45, 7) is 0.897. The van der Waals surface area contributed by atoms with Gasteiger partial charge in [-0.15, -0.1) is 11.3 Å². The van der Waals surface area contributed by atoms with Crippen LogP contribution >= 0.6 is 22.9 Å². The van der Waals surface area contributed by atoms with Crippen LogP contribution in [0.2, 0.25) is 5.02 Å². The number of hydrogen-bond acceptors (Lipinski definition) is 5. The number of amides is 1. The van der Waals surface area contributed by atoms with Crippen LogP contribution in [0.15, 0.2) is 40.8 Å². The van der Waals surface area contributed by atoms with E-state index in [1.54, 1.807) is 28.4 Å². The summed E-state index contributed by atoms with van der Waals surface area (Å²) in [7, 11) is 0. The molecule has 0 saturated heterocycles. The first kappa shape index (κ1) is 17.7. The van der Waals surface area contributed by atoms with E-state index >= 15 is 0 Å². The largest absolute Gasteiger partial charge is 0.503 e. The third-order valence-corrected chi connectivity index (χ3v) is 5.49. The Labute approximate surface area is 162 Å². The monoisotopic (exact) mass is 405 g/mol. The number of rotatable bonds is 3. The summed E-state index contributed by atoms with van der Waals surface area (Å²) in [6.07, 6.45) is 3.12. The van der Waals surface area contributed by atoms with E-state index in [2.05, 4.69) is 4.98 Å². The third kappa shape index (κ3) is 3.11. The quantitative estimate of drug-likeness (QED) is 0.726. The number of halogens is 2. The highest BCUT2D eigenvalue weighted by Gasteiger charge is 2.30. The van der Waals surface area contributed by atoms with Crippen molar-refractivity contribution < 1.29 is 14.3 Å². The minimum Gasteiger partial charge on any atom is -0.503 e. The lowest BCUT2D eigenvalue weighted by molar-refractivity contribution is 0.0683. The first-order chi connectivity index (χ1) is 13.0. The van der Waals surface area contributed by atoms with E-state index in [0.717, 1.165) is 0 Å². The van der Waals surface area contributed by atoms with Gasteiger partial charge in [-0.25, -0.2) is 9.37 Å². The number of hydrogen-bond donors (Lipinski definition) is 1. The van der Waals surface area contributed by atoms with E-state index in [4.69, 9.17) is 11.6 Å². The van der Waals surface area contributed by atoms with E-state index in [0.29, 0.717) is 23.7 Å². The van der Waals surface area contributed by atoms with Gasteiger partial charge < -0.3 is 14.6 Å². The Balaban J connectivity index is 1.69. The molecule has 6 nitrogen and oxygen atoms in total. The Morgan fingerprint density at radius 2 is 2.11 bits per heavy atom. The molecule has 2 aromatic heterocycles. The van der Waals surface area contributed by atoms with Gasteiger partial charge in [0.05, 0.1) is 10.6 Å². The summed E-state index contributed by atoms with van der Waals surface area (Å²) in [6, 6.07) is 4.32. The molecule has 0 radical (unpaired) electrons. The number of fused-ring (bicyclic) bond motifs is 1. The summed E-state index contributed by atoms with van der Waals surface area (Å²) in [4.78, 5) is 30.9. The highest BCUT2D eigenvalue weighted by Crippen LogP contribution is 2.27. The van der Waals surface area contributed by atoms with Crippen LogP contribution < -0.4 is 5.43 Å². The molecule has 27 heavy (non-hydrogen) atoms. The zero-order valence-corrected chi connectivity index (χ0v) is 15.4. The molecule has 3 heterocycles. The zero-order valence-electron chi connectivity index (χ0n) is 13.9. The fourth-order valence-electron chi connectivity index (χ4n) is 3.05. The second-order valence-corrected chi connectivity index (χ2v) is 7.38. The molecule has 138 valence electrons. The van der Waals surface area contributed by atoms with Crippen molar-refractivity contribution in [3.63, 3.8) is 0 Å². The smallest absolute Gasteiger partial charge is 0.274 e. The van der Waals surface area contributed by atoms with E-state index in [1.165, 1.54) is 28.4 Å². The fourth-order valence-corrected chi connectivity index (χ4v) is 3.81. The Morgan fingerprint density at radius 3 is 2.81 bits per heavy atom. The van der Waals surface area contributed by atoms with Gasteiger partial charge in [0, 0.05) is 37.4 Å². The van der Waals surface area contributed by atoms with Gasteiger partial charge in [-0.2, -0.15) is 0 Å². The zero-order chi connectivity index (χ0) is 19.1. The fraction of sp³-hybridized carbons (Fsp3) is 0.167. The highest BCUT2D eigenvalue weighted by atomic mass is 35.5. The third-order valence-electron chi connectivity index (χ3n) is 4.38. The van der Waals surface area contributed by atoms with Gasteiger partial charge in [-0.3, -0.25) is 9.59 Å². The first-order valence-corrected chi connectivity index (χ1v) is 9.31. The molecule has 1 aliphatic rings. The van der Waals surface area contributed by atoms with Gasteiger partial charge >= 0.3 is 0 Å². The SMILES string of the molecule is O=C1c2c(O)c(=O)c(-c3nccs3)cn2CCN1Cc1ccc(Cl)c(F)c1. The van der Waals surface area contributed by atoms with E-state index in [9.17, 15) is 19.1 Å². The maximum absolute atomic E-state index is 13.6. The molecule has 0 unspecified atom stereocenters. The van der Waals surface area contributed by atoms with Crippen molar-refractivity contribution in [3.8, 4) is 16.3 Å². The standard InChI is InChI=1S/C18H13ClFN3O3S/c19-12-2-1-10(7-13(12)20)8-23-5-4-22-9-11(17-21-3-6-27-17)15(24)16(25)14(22)18(23)26/h1-3,6-7,9,25H,4-5,8H2. The van der Waals surface area contributed by atoms with Crippen LogP contribution in [0.3, 0.4) is 0 Å². The van der Waals surface area contributed by atoms with Gasteiger partial charge in [0.1, 0.15) is 10.8 Å². The summed E-state index contributed by atoms with van der Waals surface area (Å²) in [5.74, 6) is -1.65. The Bertz CT molecular complexity index is 1100. The first-order valence-electron chi connectivity index (χ1n) is 8.05. The molecule has 0 spiro atoms. The molecule has 9 heteroatoms. The normalized spacial score (nSPS) is 13.7. The minimum atomic E-state index is -0.635. The van der Waals surface area contributed by atoms with Crippen molar-refractivity contribution in [3.05, 3.63) is 68.3 Å². The number of carbonyl (C=O) groups is 1. The number of aromatic nitrogens is 2. The molecule has 0 aliphatic carbocycles. The molecule has 4 rings (SSSR count). The van der Waals surface area contributed by atoms with E-state index < -0.39 is 22.9 Å². The summed E-state index contributed by atoms with van der Waals surface area (Å²) < 4.78 is 15.2. The Kier molecular flexibility index (Phi) is 4.45. The molecule has 3 aromatic rings. The van der Waals surface area contributed by atoms with Gasteiger partial charge in [-0.1, -0.05) is 17.7 Å². The minimum absolute atomic E-state index is 0.00739. The lowest BCUT2D eigenvalue weighted by Crippen LogP contribution is -2.41. The second-order valence-electron chi connectivity index (χ2n) is 6.07. The predicted octanol–water partition coefficient (Wildman–Crippen LogP) is 3.13. The van der Waals surface area contributed by atoms with Crippen LogP contribution in [0.4, 0.5) is 4.39 Å². The number of nitrogens with zero attached hydrogens (tertiary/aromatic N) is 3. The average molecular weight is 406 g/mol. The van der Waals surface area contributed by atoms with Crippen molar-refractivity contribution in [1.82, 2.24) is 14.5 Å². The molecule has 0 atom stereocenters. The molecule has 1 N–H and O–H groups in total. The van der Waals surface area contributed by atoms with Crippen LogP contribution in [-0.4, -0.2) is 32.0 Å². The van der Waals surface area contributed by atoms with Crippen molar-refractivity contribution in [2.75, 3.05) is 6.54 Å². The molecule has 0 saturated carbocycles. The van der Waals surface area contributed by atoms with Crippen molar-refractivity contribution in [1.29, 1.82) is 0 Å². The number of benzene rings is 1. The van der Waals surface area contributed by atoms with Crippen molar-refractivity contribution in [2.24, 2.45) is 0 Å². The van der Waals surface area contributed by atoms with Crippen molar-refractivity contribution in [2.45, 2.75) is 13.1 Å². The number of carbonyl (C=O) groups excluding carboxylic acids is 1. The number of thiazole rings is 1. The summed E-state index contributed by atoms with van der Waals surface area (Å²) >= 11 is 6.96. The van der Waals surface area contributed by atoms with Gasteiger partial charge in [0.2, 0.25) is 5.43 Å². The van der Waals surface area contributed by atoms with Gasteiger partial charge in [-0.05, 0) is 17.7 Å². The van der Waals surface area contributed by atoms with Crippen LogP contribution in [0, 0.1) is 5.82 Å². The lowest BCUT2D eigenvalue weighted by atomic mass is 10.1. The summed E-state index contributed by atoms with van der Waals surface area (Å²) in [5.41, 5.74) is 0.122. The van der Waals surface area contributed by atoms with Gasteiger partial charge in [0.25, 0.3) is 5.91 Å². The van der Waals surface area contributed by atoms with Crippen LogP contribution in [0.25, 0.3) is 10.6 Å². The van der Waals surface area contributed by atoms with Crippen LogP contribution in [0.5, 0.6) is 5.75 Å². The van der Waals surface area contributed by atoms with E-state index in [-0.39, 0.29) is 22.8 Å². The topological polar surface area (TPSA) is 75.4 Å². The van der Waals surface area contributed by atoms with Crippen LogP contribution in [0.1, 0.15) is 16.1 Å². The number of aromatic hydroxyl groups is 1. The van der Waals surface area contributed by atoms with E-state index in [1.807, 2.05) is 0 Å². The predicted molar refractivity (Wildman–Crippen MR) is 99.6 cm³/mol. The lowest BCUT2D eigenvalue weighted by Gasteiger charge is -2.30. The summed E-state index contributed by atoms with van der Waals surface area (Å²) in [5, 5.41) is 12.6. The molecule has 0 bridgehead atoms.